The van der Waals surface area contributed by atoms with Gasteiger partial charge in [0.15, 0.2) is 0 Å². The zero-order valence-electron chi connectivity index (χ0n) is 9.27. The molecule has 0 spiro atoms. The van der Waals surface area contributed by atoms with Crippen LogP contribution in [0.4, 0.5) is 5.69 Å². The number of amides is 1. The summed E-state index contributed by atoms with van der Waals surface area (Å²) in [6.45, 7) is 1.96. The van der Waals surface area contributed by atoms with Gasteiger partial charge in [0.25, 0.3) is 0 Å². The molecule has 0 bridgehead atoms. The van der Waals surface area contributed by atoms with E-state index in [2.05, 4.69) is 10.1 Å². The average Bonchev–Trinajstić information content (AvgIpc) is 2.30. The van der Waals surface area contributed by atoms with Crippen LogP contribution in [-0.4, -0.2) is 18.5 Å². The number of benzene rings is 1. The molecule has 1 rings (SSSR count). The van der Waals surface area contributed by atoms with E-state index < -0.39 is 11.9 Å². The normalized spacial score (nSPS) is 10.2. The highest BCUT2D eigenvalue weighted by Gasteiger charge is 2.02. The molecular formula is C12H12ClNO3. The minimum absolute atomic E-state index is 0.273. The molecule has 0 aliphatic rings. The van der Waals surface area contributed by atoms with Gasteiger partial charge in [-0.15, -0.1) is 0 Å². The minimum atomic E-state index is -0.554. The van der Waals surface area contributed by atoms with Crippen LogP contribution in [-0.2, 0) is 14.3 Å². The number of esters is 1. The van der Waals surface area contributed by atoms with Crippen LogP contribution in [0.2, 0.25) is 5.02 Å². The number of hydrogen-bond acceptors (Lipinski definition) is 3. The van der Waals surface area contributed by atoms with Crippen molar-refractivity contribution >= 4 is 29.2 Å². The molecular weight excluding hydrogens is 242 g/mol. The molecule has 0 heterocycles. The Morgan fingerprint density at radius 3 is 2.71 bits per heavy atom. The van der Waals surface area contributed by atoms with Crippen molar-refractivity contribution in [2.24, 2.45) is 0 Å². The van der Waals surface area contributed by atoms with E-state index >= 15 is 0 Å². The van der Waals surface area contributed by atoms with Gasteiger partial charge < -0.3 is 10.1 Å². The smallest absolute Gasteiger partial charge is 0.330 e. The van der Waals surface area contributed by atoms with Crippen LogP contribution < -0.4 is 5.32 Å². The van der Waals surface area contributed by atoms with Crippen molar-refractivity contribution < 1.29 is 14.3 Å². The van der Waals surface area contributed by atoms with Gasteiger partial charge in [0, 0.05) is 12.2 Å². The van der Waals surface area contributed by atoms with Crippen molar-refractivity contribution in [3.63, 3.8) is 0 Å². The molecule has 0 saturated carbocycles. The average molecular weight is 254 g/mol. The van der Waals surface area contributed by atoms with Gasteiger partial charge in [0.1, 0.15) is 0 Å². The first-order valence-corrected chi connectivity index (χ1v) is 5.41. The Bertz CT molecular complexity index is 443. The molecule has 0 atom stereocenters. The molecule has 0 unspecified atom stereocenters. The number of hydrogen-bond donors (Lipinski definition) is 1. The van der Waals surface area contributed by atoms with E-state index in [0.717, 1.165) is 12.2 Å². The first-order chi connectivity index (χ1) is 8.13. The van der Waals surface area contributed by atoms with Gasteiger partial charge in [0.2, 0.25) is 5.91 Å². The first-order valence-electron chi connectivity index (χ1n) is 5.04. The number of rotatable bonds is 4. The van der Waals surface area contributed by atoms with Crippen LogP contribution in [0.5, 0.6) is 0 Å². The Balaban J connectivity index is 2.56. The molecule has 0 radical (unpaired) electrons. The standard InChI is InChI=1S/C12H12ClNO3/c1-2-17-12(16)8-7-11(15)14-10-6-4-3-5-9(10)13/h3-8H,2H2,1H3,(H,14,15)/b8-7+. The lowest BCUT2D eigenvalue weighted by molar-refractivity contribution is -0.137. The van der Waals surface area contributed by atoms with Crippen LogP contribution in [0.15, 0.2) is 36.4 Å². The maximum Gasteiger partial charge on any atom is 0.330 e. The predicted octanol–water partition coefficient (Wildman–Crippen LogP) is 2.40. The summed E-state index contributed by atoms with van der Waals surface area (Å²) in [5.74, 6) is -0.993. The molecule has 0 fully saturated rings. The number of halogens is 1. The monoisotopic (exact) mass is 253 g/mol. The second-order valence-electron chi connectivity index (χ2n) is 3.05. The summed E-state index contributed by atoms with van der Waals surface area (Å²) < 4.78 is 4.63. The van der Waals surface area contributed by atoms with Crippen molar-refractivity contribution in [1.29, 1.82) is 0 Å². The van der Waals surface area contributed by atoms with E-state index in [4.69, 9.17) is 11.6 Å². The Labute approximate surface area is 104 Å². The van der Waals surface area contributed by atoms with Gasteiger partial charge in [-0.1, -0.05) is 23.7 Å². The third kappa shape index (κ3) is 4.70. The van der Waals surface area contributed by atoms with Crippen LogP contribution in [0.1, 0.15) is 6.92 Å². The molecule has 1 aromatic carbocycles. The number of para-hydroxylation sites is 1. The van der Waals surface area contributed by atoms with Crippen LogP contribution in [0, 0.1) is 0 Å². The van der Waals surface area contributed by atoms with Gasteiger partial charge >= 0.3 is 5.97 Å². The maximum absolute atomic E-state index is 11.4. The van der Waals surface area contributed by atoms with Crippen molar-refractivity contribution in [3.05, 3.63) is 41.4 Å². The molecule has 4 nitrogen and oxygen atoms in total. The number of carbonyl (C=O) groups is 2. The molecule has 17 heavy (non-hydrogen) atoms. The fraction of sp³-hybridized carbons (Fsp3) is 0.167. The largest absolute Gasteiger partial charge is 0.463 e. The Kier molecular flexibility index (Phi) is 5.23. The third-order valence-electron chi connectivity index (χ3n) is 1.79. The lowest BCUT2D eigenvalue weighted by Crippen LogP contribution is -2.09. The van der Waals surface area contributed by atoms with E-state index in [1.807, 2.05) is 0 Å². The van der Waals surface area contributed by atoms with Gasteiger partial charge in [-0.3, -0.25) is 4.79 Å². The second-order valence-corrected chi connectivity index (χ2v) is 3.46. The van der Waals surface area contributed by atoms with Crippen molar-refractivity contribution in [2.75, 3.05) is 11.9 Å². The molecule has 1 N–H and O–H groups in total. The topological polar surface area (TPSA) is 55.4 Å². The van der Waals surface area contributed by atoms with Crippen molar-refractivity contribution in [2.45, 2.75) is 6.92 Å². The van der Waals surface area contributed by atoms with Gasteiger partial charge in [-0.25, -0.2) is 4.79 Å². The summed E-state index contributed by atoms with van der Waals surface area (Å²) in [6.07, 6.45) is 2.16. The van der Waals surface area contributed by atoms with E-state index in [1.165, 1.54) is 0 Å². The number of ether oxygens (including phenoxy) is 1. The lowest BCUT2D eigenvalue weighted by atomic mass is 10.3. The number of nitrogens with one attached hydrogen (secondary N) is 1. The summed E-state index contributed by atoms with van der Waals surface area (Å²) >= 11 is 5.85. The summed E-state index contributed by atoms with van der Waals surface area (Å²) in [7, 11) is 0. The quantitative estimate of drug-likeness (QED) is 0.662. The molecule has 1 aromatic rings. The Hall–Kier alpha value is -1.81. The second kappa shape index (κ2) is 6.70. The minimum Gasteiger partial charge on any atom is -0.463 e. The van der Waals surface area contributed by atoms with Gasteiger partial charge in [-0.2, -0.15) is 0 Å². The lowest BCUT2D eigenvalue weighted by Gasteiger charge is -2.03. The molecule has 5 heteroatoms. The molecule has 90 valence electrons. The summed E-state index contributed by atoms with van der Waals surface area (Å²) in [5, 5.41) is 2.98. The highest BCUT2D eigenvalue weighted by Crippen LogP contribution is 2.20. The van der Waals surface area contributed by atoms with Gasteiger partial charge in [0.05, 0.1) is 17.3 Å². The van der Waals surface area contributed by atoms with Crippen molar-refractivity contribution in [3.8, 4) is 0 Å². The summed E-state index contributed by atoms with van der Waals surface area (Å²) in [5.41, 5.74) is 0.493. The number of carbonyl (C=O) groups excluding carboxylic acids is 2. The number of anilines is 1. The predicted molar refractivity (Wildman–Crippen MR) is 65.9 cm³/mol. The summed E-state index contributed by atoms with van der Waals surface area (Å²) in [4.78, 5) is 22.4. The maximum atomic E-state index is 11.4. The third-order valence-corrected chi connectivity index (χ3v) is 2.12. The zero-order valence-corrected chi connectivity index (χ0v) is 10.0. The zero-order chi connectivity index (χ0) is 12.7. The summed E-state index contributed by atoms with van der Waals surface area (Å²) in [6, 6.07) is 6.83. The van der Waals surface area contributed by atoms with E-state index in [9.17, 15) is 9.59 Å². The Morgan fingerprint density at radius 2 is 2.06 bits per heavy atom. The van der Waals surface area contributed by atoms with Crippen molar-refractivity contribution in [1.82, 2.24) is 0 Å². The fourth-order valence-corrected chi connectivity index (χ4v) is 1.25. The molecule has 0 saturated heterocycles. The van der Waals surface area contributed by atoms with E-state index in [0.29, 0.717) is 10.7 Å². The van der Waals surface area contributed by atoms with Gasteiger partial charge in [-0.05, 0) is 19.1 Å². The first kappa shape index (κ1) is 13.3. The highest BCUT2D eigenvalue weighted by atomic mass is 35.5. The SMILES string of the molecule is CCOC(=O)/C=C/C(=O)Nc1ccccc1Cl. The highest BCUT2D eigenvalue weighted by molar-refractivity contribution is 6.33. The van der Waals surface area contributed by atoms with Crippen LogP contribution >= 0.6 is 11.6 Å². The molecule has 0 aliphatic heterocycles. The van der Waals surface area contributed by atoms with E-state index in [1.54, 1.807) is 31.2 Å². The van der Waals surface area contributed by atoms with Crippen LogP contribution in [0.25, 0.3) is 0 Å². The Morgan fingerprint density at radius 1 is 1.35 bits per heavy atom. The fourth-order valence-electron chi connectivity index (χ4n) is 1.07. The van der Waals surface area contributed by atoms with Crippen LogP contribution in [0.3, 0.4) is 0 Å². The molecule has 0 aromatic heterocycles. The van der Waals surface area contributed by atoms with E-state index in [-0.39, 0.29) is 6.61 Å². The molecule has 0 aliphatic carbocycles. The molecule has 1 amide bonds.